The Morgan fingerprint density at radius 1 is 1.56 bits per heavy atom. The summed E-state index contributed by atoms with van der Waals surface area (Å²) in [6.07, 6.45) is 3.19. The van der Waals surface area contributed by atoms with Gasteiger partial charge in [-0.05, 0) is 32.3 Å². The van der Waals surface area contributed by atoms with Gasteiger partial charge in [0.2, 0.25) is 0 Å². The Morgan fingerprint density at radius 2 is 2.31 bits per heavy atom. The van der Waals surface area contributed by atoms with Gasteiger partial charge in [0.15, 0.2) is 0 Å². The zero-order valence-corrected chi connectivity index (χ0v) is 11.2. The van der Waals surface area contributed by atoms with Crippen LogP contribution in [-0.4, -0.2) is 21.7 Å². The van der Waals surface area contributed by atoms with E-state index in [1.54, 1.807) is 0 Å². The van der Waals surface area contributed by atoms with E-state index in [-0.39, 0.29) is 0 Å². The van der Waals surface area contributed by atoms with Crippen LogP contribution < -0.4 is 5.32 Å². The smallest absolute Gasteiger partial charge is 0.0625 e. The van der Waals surface area contributed by atoms with E-state index in [4.69, 9.17) is 11.6 Å². The molecule has 0 saturated heterocycles. The Hall–Kier alpha value is -0.540. The fourth-order valence-corrected chi connectivity index (χ4v) is 1.83. The van der Waals surface area contributed by atoms with Crippen LogP contribution in [0.2, 0.25) is 0 Å². The lowest BCUT2D eigenvalue weighted by molar-refractivity contribution is 0.496. The summed E-state index contributed by atoms with van der Waals surface area (Å²) in [5, 5.41) is 7.92. The number of aryl methyl sites for hydroxylation is 2. The van der Waals surface area contributed by atoms with Crippen LogP contribution in [0.3, 0.4) is 0 Å². The summed E-state index contributed by atoms with van der Waals surface area (Å²) in [6.45, 7) is 5.21. The van der Waals surface area contributed by atoms with Gasteiger partial charge in [-0.25, -0.2) is 0 Å². The van der Waals surface area contributed by atoms with Crippen molar-refractivity contribution < 1.29 is 0 Å². The van der Waals surface area contributed by atoms with Crippen LogP contribution in [0.15, 0.2) is 6.07 Å². The van der Waals surface area contributed by atoms with E-state index in [9.17, 15) is 0 Å². The molecule has 0 aromatic carbocycles. The van der Waals surface area contributed by atoms with E-state index >= 15 is 0 Å². The summed E-state index contributed by atoms with van der Waals surface area (Å²) in [5.41, 5.74) is 2.40. The standard InChI is InChI=1S/C12H22ClN3/c1-4-11-8-12(16(3)15-11)9-14-10(2)6-5-7-13/h8,10,14H,4-7,9H2,1-3H3. The highest BCUT2D eigenvalue weighted by molar-refractivity contribution is 6.17. The van der Waals surface area contributed by atoms with Crippen molar-refractivity contribution in [3.05, 3.63) is 17.5 Å². The number of halogens is 1. The topological polar surface area (TPSA) is 29.9 Å². The summed E-state index contributed by atoms with van der Waals surface area (Å²) < 4.78 is 1.96. The van der Waals surface area contributed by atoms with Crippen molar-refractivity contribution in [2.24, 2.45) is 7.05 Å². The maximum atomic E-state index is 5.67. The molecule has 1 rings (SSSR count). The molecule has 92 valence electrons. The van der Waals surface area contributed by atoms with E-state index < -0.39 is 0 Å². The molecule has 0 spiro atoms. The highest BCUT2D eigenvalue weighted by Crippen LogP contribution is 2.05. The minimum atomic E-state index is 0.513. The first-order valence-corrected chi connectivity index (χ1v) is 6.52. The Labute approximate surface area is 103 Å². The molecule has 16 heavy (non-hydrogen) atoms. The van der Waals surface area contributed by atoms with Gasteiger partial charge in [-0.2, -0.15) is 5.10 Å². The average Bonchev–Trinajstić information content (AvgIpc) is 2.64. The van der Waals surface area contributed by atoms with E-state index in [0.717, 1.165) is 37.4 Å². The predicted octanol–water partition coefficient (Wildman–Crippen LogP) is 2.48. The Kier molecular flexibility index (Phi) is 5.85. The molecule has 0 bridgehead atoms. The zero-order chi connectivity index (χ0) is 12.0. The number of alkyl halides is 1. The molecule has 3 nitrogen and oxygen atoms in total. The maximum Gasteiger partial charge on any atom is 0.0625 e. The van der Waals surface area contributed by atoms with Crippen LogP contribution >= 0.6 is 11.6 Å². The van der Waals surface area contributed by atoms with Gasteiger partial charge in [0, 0.05) is 25.5 Å². The van der Waals surface area contributed by atoms with Crippen LogP contribution in [-0.2, 0) is 20.0 Å². The number of nitrogens with zero attached hydrogens (tertiary/aromatic N) is 2. The summed E-state index contributed by atoms with van der Waals surface area (Å²) >= 11 is 5.67. The van der Waals surface area contributed by atoms with Crippen molar-refractivity contribution in [2.45, 2.75) is 45.7 Å². The first kappa shape index (κ1) is 13.5. The van der Waals surface area contributed by atoms with Gasteiger partial charge in [-0.3, -0.25) is 4.68 Å². The molecule has 0 amide bonds. The van der Waals surface area contributed by atoms with Crippen LogP contribution in [0.4, 0.5) is 0 Å². The summed E-state index contributed by atoms with van der Waals surface area (Å²) in [5.74, 6) is 0.748. The summed E-state index contributed by atoms with van der Waals surface area (Å²) in [4.78, 5) is 0. The van der Waals surface area contributed by atoms with Crippen molar-refractivity contribution in [1.82, 2.24) is 15.1 Å². The Morgan fingerprint density at radius 3 is 2.88 bits per heavy atom. The van der Waals surface area contributed by atoms with Gasteiger partial charge < -0.3 is 5.32 Å². The first-order chi connectivity index (χ1) is 7.67. The first-order valence-electron chi connectivity index (χ1n) is 5.98. The number of aromatic nitrogens is 2. The highest BCUT2D eigenvalue weighted by Gasteiger charge is 2.05. The third kappa shape index (κ3) is 4.14. The molecule has 1 N–H and O–H groups in total. The van der Waals surface area contributed by atoms with Crippen LogP contribution in [0.5, 0.6) is 0 Å². The van der Waals surface area contributed by atoms with Crippen LogP contribution in [0.25, 0.3) is 0 Å². The van der Waals surface area contributed by atoms with Gasteiger partial charge in [-0.1, -0.05) is 6.92 Å². The monoisotopic (exact) mass is 243 g/mol. The molecule has 1 unspecified atom stereocenters. The SMILES string of the molecule is CCc1cc(CNC(C)CCCCl)n(C)n1. The molecular weight excluding hydrogens is 222 g/mol. The molecule has 4 heteroatoms. The normalized spacial score (nSPS) is 13.0. The predicted molar refractivity (Wildman–Crippen MR) is 68.8 cm³/mol. The lowest BCUT2D eigenvalue weighted by Crippen LogP contribution is -2.26. The zero-order valence-electron chi connectivity index (χ0n) is 10.5. The second kappa shape index (κ2) is 6.92. The van der Waals surface area contributed by atoms with E-state index in [2.05, 4.69) is 30.3 Å². The second-order valence-corrected chi connectivity index (χ2v) is 4.60. The maximum absolute atomic E-state index is 5.67. The third-order valence-electron chi connectivity index (χ3n) is 2.79. The molecule has 0 saturated carbocycles. The quantitative estimate of drug-likeness (QED) is 0.746. The minimum Gasteiger partial charge on any atom is -0.309 e. The summed E-state index contributed by atoms with van der Waals surface area (Å²) in [7, 11) is 2.00. The van der Waals surface area contributed by atoms with Crippen LogP contribution in [0.1, 0.15) is 38.1 Å². The van der Waals surface area contributed by atoms with Gasteiger partial charge in [0.25, 0.3) is 0 Å². The lowest BCUT2D eigenvalue weighted by Gasteiger charge is -2.12. The molecule has 0 aliphatic carbocycles. The van der Waals surface area contributed by atoms with Crippen molar-refractivity contribution in [3.8, 4) is 0 Å². The molecule has 0 fully saturated rings. The number of hydrogen-bond acceptors (Lipinski definition) is 2. The minimum absolute atomic E-state index is 0.513. The van der Waals surface area contributed by atoms with E-state index in [0.29, 0.717) is 6.04 Å². The molecule has 1 heterocycles. The molecular formula is C12H22ClN3. The largest absolute Gasteiger partial charge is 0.309 e. The van der Waals surface area contributed by atoms with Crippen molar-refractivity contribution in [3.63, 3.8) is 0 Å². The van der Waals surface area contributed by atoms with Gasteiger partial charge in [0.1, 0.15) is 0 Å². The van der Waals surface area contributed by atoms with Crippen molar-refractivity contribution in [1.29, 1.82) is 0 Å². The number of hydrogen-bond donors (Lipinski definition) is 1. The molecule has 1 aromatic heterocycles. The van der Waals surface area contributed by atoms with Gasteiger partial charge in [0.05, 0.1) is 11.4 Å². The van der Waals surface area contributed by atoms with Crippen molar-refractivity contribution >= 4 is 11.6 Å². The van der Waals surface area contributed by atoms with E-state index in [1.165, 1.54) is 5.69 Å². The van der Waals surface area contributed by atoms with Gasteiger partial charge in [-0.15, -0.1) is 11.6 Å². The molecule has 1 atom stereocenters. The average molecular weight is 244 g/mol. The third-order valence-corrected chi connectivity index (χ3v) is 3.06. The lowest BCUT2D eigenvalue weighted by atomic mass is 10.2. The summed E-state index contributed by atoms with van der Waals surface area (Å²) in [6, 6.07) is 2.68. The Balaban J connectivity index is 2.38. The highest BCUT2D eigenvalue weighted by atomic mass is 35.5. The fourth-order valence-electron chi connectivity index (χ4n) is 1.67. The molecule has 0 radical (unpaired) electrons. The Bertz CT molecular complexity index is 309. The van der Waals surface area contributed by atoms with Crippen LogP contribution in [0, 0.1) is 0 Å². The van der Waals surface area contributed by atoms with E-state index in [1.807, 2.05) is 11.7 Å². The van der Waals surface area contributed by atoms with Crippen molar-refractivity contribution in [2.75, 3.05) is 5.88 Å². The second-order valence-electron chi connectivity index (χ2n) is 4.22. The van der Waals surface area contributed by atoms with Gasteiger partial charge >= 0.3 is 0 Å². The number of rotatable bonds is 7. The molecule has 1 aromatic rings. The molecule has 0 aliphatic heterocycles. The number of nitrogens with one attached hydrogen (secondary N) is 1. The molecule has 0 aliphatic rings. The fraction of sp³-hybridized carbons (Fsp3) is 0.750.